The molecule has 0 spiro atoms. The van der Waals surface area contributed by atoms with Crippen molar-refractivity contribution in [2.45, 2.75) is 50.4 Å². The molecule has 1 unspecified atom stereocenters. The van der Waals surface area contributed by atoms with Gasteiger partial charge in [-0.05, 0) is 61.6 Å². The van der Waals surface area contributed by atoms with Crippen molar-refractivity contribution in [3.05, 3.63) is 63.6 Å². The van der Waals surface area contributed by atoms with Crippen molar-refractivity contribution in [2.24, 2.45) is 0 Å². The van der Waals surface area contributed by atoms with Crippen LogP contribution < -0.4 is 15.4 Å². The van der Waals surface area contributed by atoms with Gasteiger partial charge in [-0.2, -0.15) is 0 Å². The molecule has 2 aromatic carbocycles. The van der Waals surface area contributed by atoms with Crippen LogP contribution in [0.5, 0.6) is 5.75 Å². The number of amides is 1. The van der Waals surface area contributed by atoms with E-state index in [1.807, 2.05) is 24.3 Å². The minimum absolute atomic E-state index is 0.0720. The number of methoxy groups -OCH3 is 1. The average Bonchev–Trinajstić information content (AvgIpc) is 3.01. The molecule has 166 valence electrons. The molecule has 5 nitrogen and oxygen atoms in total. The van der Waals surface area contributed by atoms with E-state index in [1.54, 1.807) is 19.2 Å². The topological polar surface area (TPSA) is 53.6 Å². The summed E-state index contributed by atoms with van der Waals surface area (Å²) in [5, 5.41) is 7.87. The Labute approximate surface area is 194 Å². The van der Waals surface area contributed by atoms with Crippen molar-refractivity contribution in [2.75, 3.05) is 20.2 Å². The Bertz CT molecular complexity index is 909. The van der Waals surface area contributed by atoms with Crippen molar-refractivity contribution >= 4 is 29.1 Å². The number of ether oxygens (including phenoxy) is 1. The zero-order valence-corrected chi connectivity index (χ0v) is 19.3. The summed E-state index contributed by atoms with van der Waals surface area (Å²) < 4.78 is 5.18. The van der Waals surface area contributed by atoms with Crippen LogP contribution in [0.4, 0.5) is 0 Å². The van der Waals surface area contributed by atoms with Gasteiger partial charge in [-0.1, -0.05) is 35.3 Å². The Morgan fingerprint density at radius 1 is 1.06 bits per heavy atom. The van der Waals surface area contributed by atoms with Crippen LogP contribution >= 0.6 is 23.2 Å². The van der Waals surface area contributed by atoms with Crippen molar-refractivity contribution in [3.8, 4) is 5.75 Å². The maximum absolute atomic E-state index is 12.3. The summed E-state index contributed by atoms with van der Waals surface area (Å²) in [5.41, 5.74) is 1.84. The van der Waals surface area contributed by atoms with Crippen LogP contribution in [-0.4, -0.2) is 49.1 Å². The lowest BCUT2D eigenvalue weighted by Gasteiger charge is -2.39. The molecule has 2 aromatic rings. The molecule has 2 saturated heterocycles. The van der Waals surface area contributed by atoms with Gasteiger partial charge in [0.05, 0.1) is 17.2 Å². The number of nitrogens with one attached hydrogen (secondary N) is 2. The molecule has 2 aliphatic heterocycles. The number of carbonyl (C=O) groups is 1. The quantitative estimate of drug-likeness (QED) is 0.567. The first-order valence-electron chi connectivity index (χ1n) is 10.9. The summed E-state index contributed by atoms with van der Waals surface area (Å²) in [7, 11) is 1.60. The summed E-state index contributed by atoms with van der Waals surface area (Å²) in [6.07, 6.45) is 4.77. The van der Waals surface area contributed by atoms with Crippen molar-refractivity contribution in [1.29, 1.82) is 0 Å². The molecule has 7 heteroatoms. The van der Waals surface area contributed by atoms with E-state index in [0.29, 0.717) is 46.0 Å². The predicted octanol–water partition coefficient (Wildman–Crippen LogP) is 4.52. The second kappa shape index (κ2) is 10.2. The molecule has 2 bridgehead atoms. The second-order valence-corrected chi connectivity index (χ2v) is 9.23. The monoisotopic (exact) mass is 461 g/mol. The highest BCUT2D eigenvalue weighted by Crippen LogP contribution is 2.37. The Kier molecular flexibility index (Phi) is 7.39. The minimum Gasteiger partial charge on any atom is -0.497 e. The third-order valence-electron chi connectivity index (χ3n) is 6.41. The standard InChI is InChI=1S/C24H29Cl2N3O2/c1-31-21-4-2-3-17(12-21)24(30)28-10-9-27-18-13-19-6-7-20(14-18)29(19)15-16-5-8-22(25)23(26)11-16/h2-5,8,11-12,18-20,27H,6-7,9-10,13-15H2,1H3,(H,28,30)/t18?,19-,20+. The number of nitrogens with zero attached hydrogens (tertiary/aromatic N) is 1. The fraction of sp³-hybridized carbons (Fsp3) is 0.458. The first kappa shape index (κ1) is 22.4. The highest BCUT2D eigenvalue weighted by Gasteiger charge is 2.40. The predicted molar refractivity (Wildman–Crippen MR) is 125 cm³/mol. The third-order valence-corrected chi connectivity index (χ3v) is 7.15. The van der Waals surface area contributed by atoms with E-state index in [2.05, 4.69) is 21.6 Å². The number of carbonyl (C=O) groups excluding carboxylic acids is 1. The maximum atomic E-state index is 12.3. The van der Waals surface area contributed by atoms with Gasteiger partial charge < -0.3 is 15.4 Å². The van der Waals surface area contributed by atoms with Gasteiger partial charge in [0.15, 0.2) is 0 Å². The van der Waals surface area contributed by atoms with Crippen molar-refractivity contribution in [1.82, 2.24) is 15.5 Å². The number of rotatable bonds is 8. The summed E-state index contributed by atoms with van der Waals surface area (Å²) in [6, 6.07) is 14.8. The van der Waals surface area contributed by atoms with Crippen molar-refractivity contribution in [3.63, 3.8) is 0 Å². The molecule has 0 aliphatic carbocycles. The van der Waals surface area contributed by atoms with Gasteiger partial charge in [-0.15, -0.1) is 0 Å². The normalized spacial score (nSPS) is 23.0. The van der Waals surface area contributed by atoms with Gasteiger partial charge in [-0.3, -0.25) is 9.69 Å². The summed E-state index contributed by atoms with van der Waals surface area (Å²) >= 11 is 12.2. The van der Waals surface area contributed by atoms with E-state index in [4.69, 9.17) is 27.9 Å². The highest BCUT2D eigenvalue weighted by atomic mass is 35.5. The molecular formula is C24H29Cl2N3O2. The van der Waals surface area contributed by atoms with Gasteiger partial charge in [0.25, 0.3) is 5.91 Å². The smallest absolute Gasteiger partial charge is 0.251 e. The molecule has 2 heterocycles. The zero-order chi connectivity index (χ0) is 21.8. The number of benzene rings is 2. The SMILES string of the molecule is COc1cccc(C(=O)NCCNC2C[C@H]3CC[C@@H](C2)N3Cc2ccc(Cl)c(Cl)c2)c1. The van der Waals surface area contributed by atoms with Crippen LogP contribution in [0.15, 0.2) is 42.5 Å². The van der Waals surface area contributed by atoms with E-state index in [9.17, 15) is 4.79 Å². The largest absolute Gasteiger partial charge is 0.497 e. The lowest BCUT2D eigenvalue weighted by atomic mass is 9.96. The minimum atomic E-state index is -0.0720. The van der Waals surface area contributed by atoms with E-state index in [1.165, 1.54) is 18.4 Å². The van der Waals surface area contributed by atoms with Crippen LogP contribution in [0.2, 0.25) is 10.0 Å². The Balaban J connectivity index is 1.22. The molecule has 0 aromatic heterocycles. The lowest BCUT2D eigenvalue weighted by molar-refractivity contribution is 0.0947. The van der Waals surface area contributed by atoms with Crippen LogP contribution in [0.25, 0.3) is 0 Å². The van der Waals surface area contributed by atoms with E-state index in [0.717, 1.165) is 25.9 Å². The molecular weight excluding hydrogens is 433 g/mol. The molecule has 1 amide bonds. The number of hydrogen-bond donors (Lipinski definition) is 2. The summed E-state index contributed by atoms with van der Waals surface area (Å²) in [5.74, 6) is 0.617. The Hall–Kier alpha value is -1.79. The van der Waals surface area contributed by atoms with Gasteiger partial charge in [0.1, 0.15) is 5.75 Å². The highest BCUT2D eigenvalue weighted by molar-refractivity contribution is 6.42. The lowest BCUT2D eigenvalue weighted by Crippen LogP contribution is -2.49. The van der Waals surface area contributed by atoms with Gasteiger partial charge >= 0.3 is 0 Å². The number of fused-ring (bicyclic) bond motifs is 2. The number of halogens is 2. The fourth-order valence-corrected chi connectivity index (χ4v) is 5.19. The van der Waals surface area contributed by atoms with Crippen LogP contribution in [-0.2, 0) is 6.54 Å². The number of piperidine rings is 1. The van der Waals surface area contributed by atoms with E-state index >= 15 is 0 Å². The summed E-state index contributed by atoms with van der Waals surface area (Å²) in [6.45, 7) is 2.30. The van der Waals surface area contributed by atoms with Crippen LogP contribution in [0.1, 0.15) is 41.6 Å². The zero-order valence-electron chi connectivity index (χ0n) is 17.7. The first-order valence-corrected chi connectivity index (χ1v) is 11.6. The van der Waals surface area contributed by atoms with E-state index in [-0.39, 0.29) is 5.91 Å². The molecule has 2 aliphatic rings. The molecule has 0 saturated carbocycles. The second-order valence-electron chi connectivity index (χ2n) is 8.42. The van der Waals surface area contributed by atoms with Crippen LogP contribution in [0, 0.1) is 0 Å². The number of hydrogen-bond acceptors (Lipinski definition) is 4. The third kappa shape index (κ3) is 5.53. The Morgan fingerprint density at radius 2 is 1.84 bits per heavy atom. The summed E-state index contributed by atoms with van der Waals surface area (Å²) in [4.78, 5) is 14.9. The van der Waals surface area contributed by atoms with E-state index < -0.39 is 0 Å². The Morgan fingerprint density at radius 3 is 2.55 bits per heavy atom. The molecule has 3 atom stereocenters. The van der Waals surface area contributed by atoms with Gasteiger partial charge in [0.2, 0.25) is 0 Å². The fourth-order valence-electron chi connectivity index (χ4n) is 4.87. The maximum Gasteiger partial charge on any atom is 0.251 e. The van der Waals surface area contributed by atoms with Crippen LogP contribution in [0.3, 0.4) is 0 Å². The van der Waals surface area contributed by atoms with Crippen molar-refractivity contribution < 1.29 is 9.53 Å². The van der Waals surface area contributed by atoms with Gasteiger partial charge in [-0.25, -0.2) is 0 Å². The van der Waals surface area contributed by atoms with Gasteiger partial charge in [0, 0.05) is 43.3 Å². The molecule has 4 rings (SSSR count). The molecule has 0 radical (unpaired) electrons. The molecule has 2 fully saturated rings. The average molecular weight is 462 g/mol. The molecule has 31 heavy (non-hydrogen) atoms. The first-order chi connectivity index (χ1) is 15.0. The molecule has 2 N–H and O–H groups in total.